The molecule has 1 amide bonds. The van der Waals surface area contributed by atoms with Crippen molar-refractivity contribution < 1.29 is 18.4 Å². The third kappa shape index (κ3) is 4.24. The first-order valence-electron chi connectivity index (χ1n) is 11.2. The fourth-order valence-corrected chi connectivity index (χ4v) is 4.50. The number of carbonyl (C=O) groups excluding carboxylic acids is 1. The van der Waals surface area contributed by atoms with Crippen LogP contribution in [0.2, 0.25) is 0 Å². The average Bonchev–Trinajstić information content (AvgIpc) is 3.52. The van der Waals surface area contributed by atoms with Gasteiger partial charge in [0.1, 0.15) is 11.6 Å². The highest BCUT2D eigenvalue weighted by Gasteiger charge is 2.53. The van der Waals surface area contributed by atoms with E-state index in [9.17, 15) is 9.18 Å². The van der Waals surface area contributed by atoms with Crippen molar-refractivity contribution in [3.63, 3.8) is 0 Å². The summed E-state index contributed by atoms with van der Waals surface area (Å²) >= 11 is 0. The lowest BCUT2D eigenvalue weighted by Gasteiger charge is -2.34. The van der Waals surface area contributed by atoms with Crippen molar-refractivity contribution >= 4 is 5.91 Å². The Morgan fingerprint density at radius 2 is 1.94 bits per heavy atom. The molecule has 1 saturated heterocycles. The van der Waals surface area contributed by atoms with Crippen LogP contribution >= 0.6 is 0 Å². The predicted molar refractivity (Wildman–Crippen MR) is 116 cm³/mol. The van der Waals surface area contributed by atoms with Gasteiger partial charge in [0, 0.05) is 19.5 Å². The van der Waals surface area contributed by atoms with Crippen LogP contribution in [0.4, 0.5) is 4.39 Å². The SMILES string of the molecule is O=C(N1CCCC(c2nc(CCOc3ccc(F)cc3)no2)C1)C1(c2ccccc2)CC1. The molecule has 1 unspecified atom stereocenters. The monoisotopic (exact) mass is 435 g/mol. The number of rotatable bonds is 7. The van der Waals surface area contributed by atoms with E-state index in [4.69, 9.17) is 9.26 Å². The second-order valence-electron chi connectivity index (χ2n) is 8.64. The highest BCUT2D eigenvalue weighted by atomic mass is 19.1. The molecule has 0 radical (unpaired) electrons. The molecule has 2 heterocycles. The van der Waals surface area contributed by atoms with Crippen LogP contribution in [-0.2, 0) is 16.6 Å². The van der Waals surface area contributed by atoms with Gasteiger partial charge >= 0.3 is 0 Å². The first-order chi connectivity index (χ1) is 15.6. The van der Waals surface area contributed by atoms with Crippen LogP contribution in [0, 0.1) is 5.82 Å². The maximum atomic E-state index is 13.4. The van der Waals surface area contributed by atoms with E-state index in [2.05, 4.69) is 22.3 Å². The molecule has 6 nitrogen and oxygen atoms in total. The van der Waals surface area contributed by atoms with E-state index in [0.29, 0.717) is 37.0 Å². The lowest BCUT2D eigenvalue weighted by atomic mass is 9.91. The van der Waals surface area contributed by atoms with Crippen LogP contribution < -0.4 is 4.74 Å². The van der Waals surface area contributed by atoms with Gasteiger partial charge in [0.15, 0.2) is 5.82 Å². The molecule has 32 heavy (non-hydrogen) atoms. The second-order valence-corrected chi connectivity index (χ2v) is 8.64. The minimum atomic E-state index is -0.346. The van der Waals surface area contributed by atoms with Crippen molar-refractivity contribution in [1.29, 1.82) is 0 Å². The molecule has 1 aromatic heterocycles. The Labute approximate surface area is 186 Å². The van der Waals surface area contributed by atoms with Crippen LogP contribution in [0.3, 0.4) is 0 Å². The van der Waals surface area contributed by atoms with Crippen LogP contribution in [0.25, 0.3) is 0 Å². The average molecular weight is 435 g/mol. The molecular weight excluding hydrogens is 409 g/mol. The van der Waals surface area contributed by atoms with Gasteiger partial charge in [-0.15, -0.1) is 0 Å². The Kier molecular flexibility index (Phi) is 5.64. The van der Waals surface area contributed by atoms with Gasteiger partial charge in [-0.3, -0.25) is 4.79 Å². The Morgan fingerprint density at radius 1 is 1.16 bits per heavy atom. The predicted octanol–water partition coefficient (Wildman–Crippen LogP) is 4.27. The standard InChI is InChI=1S/C25H26FN3O3/c26-20-8-10-21(11-9-20)31-16-12-22-27-23(32-28-22)18-5-4-15-29(17-18)24(30)25(13-14-25)19-6-2-1-3-7-19/h1-3,6-11,18H,4-5,12-17H2. The Balaban J connectivity index is 1.18. The van der Waals surface area contributed by atoms with Crippen molar-refractivity contribution in [2.75, 3.05) is 19.7 Å². The maximum absolute atomic E-state index is 13.4. The number of benzene rings is 2. The van der Waals surface area contributed by atoms with Crippen molar-refractivity contribution in [3.8, 4) is 5.75 Å². The molecule has 1 atom stereocenters. The summed E-state index contributed by atoms with van der Waals surface area (Å²) in [6.45, 7) is 1.76. The zero-order valence-electron chi connectivity index (χ0n) is 17.9. The van der Waals surface area contributed by atoms with E-state index in [-0.39, 0.29) is 23.1 Å². The number of piperidine rings is 1. The highest BCUT2D eigenvalue weighted by Crippen LogP contribution is 2.50. The number of hydrogen-bond donors (Lipinski definition) is 0. The Bertz CT molecular complexity index is 1060. The molecule has 2 aliphatic rings. The summed E-state index contributed by atoms with van der Waals surface area (Å²) in [4.78, 5) is 19.9. The number of likely N-dealkylation sites (tertiary alicyclic amines) is 1. The normalized spacial score (nSPS) is 19.5. The largest absolute Gasteiger partial charge is 0.493 e. The molecule has 1 aliphatic carbocycles. The van der Waals surface area contributed by atoms with Gasteiger partial charge in [-0.2, -0.15) is 4.98 Å². The quantitative estimate of drug-likeness (QED) is 0.555. The molecule has 3 aromatic rings. The first-order valence-corrected chi connectivity index (χ1v) is 11.2. The zero-order chi connectivity index (χ0) is 22.0. The maximum Gasteiger partial charge on any atom is 0.233 e. The Hall–Kier alpha value is -3.22. The third-order valence-corrected chi connectivity index (χ3v) is 6.44. The van der Waals surface area contributed by atoms with E-state index in [1.165, 1.54) is 12.1 Å². The van der Waals surface area contributed by atoms with Gasteiger partial charge in [0.25, 0.3) is 0 Å². The number of nitrogens with zero attached hydrogens (tertiary/aromatic N) is 3. The fourth-order valence-electron chi connectivity index (χ4n) is 4.50. The topological polar surface area (TPSA) is 68.5 Å². The molecule has 2 fully saturated rings. The lowest BCUT2D eigenvalue weighted by Crippen LogP contribution is -2.44. The second kappa shape index (κ2) is 8.73. The smallest absolute Gasteiger partial charge is 0.233 e. The summed E-state index contributed by atoms with van der Waals surface area (Å²) in [6.07, 6.45) is 4.17. The number of aromatic nitrogens is 2. The fraction of sp³-hybridized carbons (Fsp3) is 0.400. The summed E-state index contributed by atoms with van der Waals surface area (Å²) in [5, 5.41) is 4.09. The molecule has 0 spiro atoms. The minimum Gasteiger partial charge on any atom is -0.493 e. The van der Waals surface area contributed by atoms with Gasteiger partial charge in [-0.05, 0) is 55.5 Å². The summed E-state index contributed by atoms with van der Waals surface area (Å²) in [5.74, 6) is 1.75. The third-order valence-electron chi connectivity index (χ3n) is 6.44. The molecule has 1 aliphatic heterocycles. The molecule has 166 valence electrons. The minimum absolute atomic E-state index is 0.0542. The van der Waals surface area contributed by atoms with E-state index < -0.39 is 0 Å². The van der Waals surface area contributed by atoms with Gasteiger partial charge in [0.05, 0.1) is 17.9 Å². The number of hydrogen-bond acceptors (Lipinski definition) is 5. The van der Waals surface area contributed by atoms with E-state index >= 15 is 0 Å². The van der Waals surface area contributed by atoms with Crippen molar-refractivity contribution in [1.82, 2.24) is 15.0 Å². The van der Waals surface area contributed by atoms with Gasteiger partial charge in [-0.1, -0.05) is 35.5 Å². The van der Waals surface area contributed by atoms with Gasteiger partial charge < -0.3 is 14.2 Å². The molecule has 1 saturated carbocycles. The lowest BCUT2D eigenvalue weighted by molar-refractivity contribution is -0.135. The molecule has 0 N–H and O–H groups in total. The van der Waals surface area contributed by atoms with Crippen molar-refractivity contribution in [2.24, 2.45) is 0 Å². The highest BCUT2D eigenvalue weighted by molar-refractivity contribution is 5.91. The van der Waals surface area contributed by atoms with E-state index in [1.807, 2.05) is 23.1 Å². The van der Waals surface area contributed by atoms with Crippen LogP contribution in [0.1, 0.15) is 48.9 Å². The summed E-state index contributed by atoms with van der Waals surface area (Å²) in [7, 11) is 0. The number of halogens is 1. The van der Waals surface area contributed by atoms with Crippen LogP contribution in [-0.4, -0.2) is 40.6 Å². The molecule has 5 rings (SSSR count). The molecular formula is C25H26FN3O3. The van der Waals surface area contributed by atoms with Gasteiger partial charge in [0.2, 0.25) is 11.8 Å². The van der Waals surface area contributed by atoms with E-state index in [1.54, 1.807) is 12.1 Å². The molecule has 2 aromatic carbocycles. The summed E-state index contributed by atoms with van der Waals surface area (Å²) in [5.41, 5.74) is 0.772. The van der Waals surface area contributed by atoms with E-state index in [0.717, 1.165) is 37.8 Å². The Morgan fingerprint density at radius 3 is 2.69 bits per heavy atom. The zero-order valence-corrected chi connectivity index (χ0v) is 17.9. The van der Waals surface area contributed by atoms with Gasteiger partial charge in [-0.25, -0.2) is 4.39 Å². The summed E-state index contributed by atoms with van der Waals surface area (Å²) < 4.78 is 24.1. The number of ether oxygens (including phenoxy) is 1. The number of carbonyl (C=O) groups is 1. The van der Waals surface area contributed by atoms with Crippen molar-refractivity contribution in [2.45, 2.75) is 43.4 Å². The summed E-state index contributed by atoms with van der Waals surface area (Å²) in [6, 6.07) is 16.0. The van der Waals surface area contributed by atoms with Crippen LogP contribution in [0.5, 0.6) is 5.75 Å². The first kappa shape index (κ1) is 20.7. The number of amides is 1. The van der Waals surface area contributed by atoms with Crippen molar-refractivity contribution in [3.05, 3.63) is 77.7 Å². The molecule has 7 heteroatoms. The van der Waals surface area contributed by atoms with Crippen LogP contribution in [0.15, 0.2) is 59.1 Å². The molecule has 0 bridgehead atoms.